The molecule has 4 nitrogen and oxygen atoms in total. The number of aliphatic hydroxyl groups is 1. The molecule has 1 heterocycles. The number of aryl methyl sites for hydroxylation is 1. The SMILES string of the molecule is Cn1ncc(Br)c1C(O)COC(C)(C)C. The van der Waals surface area contributed by atoms with Crippen LogP contribution in [0.1, 0.15) is 32.6 Å². The molecule has 0 saturated heterocycles. The van der Waals surface area contributed by atoms with Crippen LogP contribution in [0.2, 0.25) is 0 Å². The van der Waals surface area contributed by atoms with Crippen molar-refractivity contribution in [2.45, 2.75) is 32.5 Å². The van der Waals surface area contributed by atoms with Gasteiger partial charge in [0.15, 0.2) is 0 Å². The molecule has 0 bridgehead atoms. The molecule has 0 amide bonds. The fourth-order valence-electron chi connectivity index (χ4n) is 1.20. The van der Waals surface area contributed by atoms with Crippen LogP contribution in [-0.2, 0) is 11.8 Å². The van der Waals surface area contributed by atoms with Crippen LogP contribution in [0.5, 0.6) is 0 Å². The van der Waals surface area contributed by atoms with E-state index in [4.69, 9.17) is 4.74 Å². The molecule has 1 N–H and O–H groups in total. The number of hydrogen-bond donors (Lipinski definition) is 1. The Hall–Kier alpha value is -0.390. The maximum absolute atomic E-state index is 9.92. The summed E-state index contributed by atoms with van der Waals surface area (Å²) in [7, 11) is 1.79. The zero-order valence-electron chi connectivity index (χ0n) is 9.49. The molecule has 0 aliphatic rings. The Kier molecular flexibility index (Phi) is 3.92. The third kappa shape index (κ3) is 3.59. The van der Waals surface area contributed by atoms with Crippen LogP contribution in [0, 0.1) is 0 Å². The second-order valence-electron chi connectivity index (χ2n) is 4.44. The minimum absolute atomic E-state index is 0.244. The molecule has 0 saturated carbocycles. The number of halogens is 1. The summed E-state index contributed by atoms with van der Waals surface area (Å²) in [6.45, 7) is 6.13. The van der Waals surface area contributed by atoms with Crippen LogP contribution in [-0.4, -0.2) is 27.1 Å². The van der Waals surface area contributed by atoms with Crippen LogP contribution in [0.25, 0.3) is 0 Å². The predicted octanol–water partition coefficient (Wildman–Crippen LogP) is 2.03. The number of nitrogens with zero attached hydrogens (tertiary/aromatic N) is 2. The van der Waals surface area contributed by atoms with Crippen LogP contribution in [0.15, 0.2) is 10.7 Å². The summed E-state index contributed by atoms with van der Waals surface area (Å²) in [5, 5.41) is 14.0. The van der Waals surface area contributed by atoms with E-state index in [1.54, 1.807) is 17.9 Å². The van der Waals surface area contributed by atoms with Crippen LogP contribution >= 0.6 is 15.9 Å². The fourth-order valence-corrected chi connectivity index (χ4v) is 1.82. The summed E-state index contributed by atoms with van der Waals surface area (Å²) in [4.78, 5) is 0. The van der Waals surface area contributed by atoms with Crippen LogP contribution in [0.3, 0.4) is 0 Å². The van der Waals surface area contributed by atoms with Crippen molar-refractivity contribution < 1.29 is 9.84 Å². The molecule has 0 aliphatic carbocycles. The molecule has 1 aromatic rings. The van der Waals surface area contributed by atoms with Crippen molar-refractivity contribution in [1.29, 1.82) is 0 Å². The number of rotatable bonds is 3. The minimum Gasteiger partial charge on any atom is -0.384 e. The molecule has 0 spiro atoms. The summed E-state index contributed by atoms with van der Waals surface area (Å²) in [5.41, 5.74) is 0.491. The number of aliphatic hydroxyl groups excluding tert-OH is 1. The van der Waals surface area contributed by atoms with Gasteiger partial charge in [0, 0.05) is 7.05 Å². The lowest BCUT2D eigenvalue weighted by Gasteiger charge is -2.22. The highest BCUT2D eigenvalue weighted by Crippen LogP contribution is 2.23. The van der Waals surface area contributed by atoms with Crippen molar-refractivity contribution in [2.75, 3.05) is 6.61 Å². The van der Waals surface area contributed by atoms with Crippen molar-refractivity contribution in [3.05, 3.63) is 16.4 Å². The van der Waals surface area contributed by atoms with E-state index in [-0.39, 0.29) is 12.2 Å². The first-order chi connectivity index (χ1) is 6.81. The Bertz CT molecular complexity index is 311. The topological polar surface area (TPSA) is 47.3 Å². The second-order valence-corrected chi connectivity index (χ2v) is 5.29. The Labute approximate surface area is 98.4 Å². The first kappa shape index (κ1) is 12.7. The van der Waals surface area contributed by atoms with Gasteiger partial charge in [-0.15, -0.1) is 0 Å². The minimum atomic E-state index is -0.661. The lowest BCUT2D eigenvalue weighted by molar-refractivity contribution is -0.0517. The van der Waals surface area contributed by atoms with Crippen molar-refractivity contribution in [3.8, 4) is 0 Å². The summed E-state index contributed by atoms with van der Waals surface area (Å²) >= 11 is 3.34. The van der Waals surface area contributed by atoms with Gasteiger partial charge in [-0.3, -0.25) is 4.68 Å². The normalized spacial score (nSPS) is 14.3. The predicted molar refractivity (Wildman–Crippen MR) is 61.6 cm³/mol. The van der Waals surface area contributed by atoms with Crippen molar-refractivity contribution in [1.82, 2.24) is 9.78 Å². The molecule has 0 fully saturated rings. The van der Waals surface area contributed by atoms with Gasteiger partial charge >= 0.3 is 0 Å². The number of hydrogen-bond acceptors (Lipinski definition) is 3. The van der Waals surface area contributed by atoms with Gasteiger partial charge in [0.2, 0.25) is 0 Å². The third-order valence-corrected chi connectivity index (χ3v) is 2.54. The van der Waals surface area contributed by atoms with Gasteiger partial charge in [0.1, 0.15) is 6.10 Å². The summed E-state index contributed by atoms with van der Waals surface area (Å²) in [6.07, 6.45) is 1.00. The van der Waals surface area contributed by atoms with Gasteiger partial charge in [-0.2, -0.15) is 5.10 Å². The number of ether oxygens (including phenoxy) is 1. The molecule has 1 unspecified atom stereocenters. The zero-order chi connectivity index (χ0) is 11.6. The van der Waals surface area contributed by atoms with Crippen LogP contribution < -0.4 is 0 Å². The molecule has 0 radical (unpaired) electrons. The van der Waals surface area contributed by atoms with Gasteiger partial charge in [0.05, 0.1) is 28.6 Å². The molecule has 86 valence electrons. The van der Waals surface area contributed by atoms with E-state index in [0.717, 1.165) is 10.2 Å². The van der Waals surface area contributed by atoms with Gasteiger partial charge in [-0.25, -0.2) is 0 Å². The Balaban J connectivity index is 2.65. The van der Waals surface area contributed by atoms with Crippen LogP contribution in [0.4, 0.5) is 0 Å². The summed E-state index contributed by atoms with van der Waals surface area (Å²) in [6, 6.07) is 0. The summed E-state index contributed by atoms with van der Waals surface area (Å²) in [5.74, 6) is 0. The van der Waals surface area contributed by atoms with Crippen molar-refractivity contribution in [3.63, 3.8) is 0 Å². The zero-order valence-corrected chi connectivity index (χ0v) is 11.1. The number of aromatic nitrogens is 2. The highest BCUT2D eigenvalue weighted by atomic mass is 79.9. The van der Waals surface area contributed by atoms with E-state index >= 15 is 0 Å². The van der Waals surface area contributed by atoms with E-state index in [2.05, 4.69) is 21.0 Å². The highest BCUT2D eigenvalue weighted by Gasteiger charge is 2.19. The molecule has 0 aliphatic heterocycles. The standard InChI is InChI=1S/C10H17BrN2O2/c1-10(2,3)15-6-8(14)9-7(11)5-12-13(9)4/h5,8,14H,6H2,1-4H3. The lowest BCUT2D eigenvalue weighted by Crippen LogP contribution is -2.23. The molecular formula is C10H17BrN2O2. The van der Waals surface area contributed by atoms with E-state index < -0.39 is 6.10 Å². The largest absolute Gasteiger partial charge is 0.384 e. The fraction of sp³-hybridized carbons (Fsp3) is 0.700. The maximum atomic E-state index is 9.92. The monoisotopic (exact) mass is 276 g/mol. The first-order valence-corrected chi connectivity index (χ1v) is 5.60. The van der Waals surface area contributed by atoms with E-state index in [1.807, 2.05) is 20.8 Å². The van der Waals surface area contributed by atoms with Gasteiger partial charge in [-0.05, 0) is 36.7 Å². The lowest BCUT2D eigenvalue weighted by atomic mass is 10.2. The maximum Gasteiger partial charge on any atom is 0.120 e. The van der Waals surface area contributed by atoms with Gasteiger partial charge in [-0.1, -0.05) is 0 Å². The quantitative estimate of drug-likeness (QED) is 0.919. The molecule has 0 aromatic carbocycles. The molecule has 1 aromatic heterocycles. The van der Waals surface area contributed by atoms with Gasteiger partial charge < -0.3 is 9.84 Å². The molecular weight excluding hydrogens is 260 g/mol. The second kappa shape index (κ2) is 4.63. The molecule has 1 rings (SSSR count). The van der Waals surface area contributed by atoms with Gasteiger partial charge in [0.25, 0.3) is 0 Å². The van der Waals surface area contributed by atoms with E-state index in [9.17, 15) is 5.11 Å². The summed E-state index contributed by atoms with van der Waals surface area (Å²) < 4.78 is 7.95. The van der Waals surface area contributed by atoms with E-state index in [0.29, 0.717) is 0 Å². The molecule has 1 atom stereocenters. The Morgan fingerprint density at radius 3 is 2.60 bits per heavy atom. The molecule has 15 heavy (non-hydrogen) atoms. The third-order valence-electron chi connectivity index (χ3n) is 1.93. The van der Waals surface area contributed by atoms with E-state index in [1.165, 1.54) is 0 Å². The Morgan fingerprint density at radius 2 is 2.20 bits per heavy atom. The Morgan fingerprint density at radius 1 is 1.60 bits per heavy atom. The molecule has 5 heteroatoms. The highest BCUT2D eigenvalue weighted by molar-refractivity contribution is 9.10. The first-order valence-electron chi connectivity index (χ1n) is 4.80. The van der Waals surface area contributed by atoms with Crippen molar-refractivity contribution in [2.24, 2.45) is 7.05 Å². The average molecular weight is 277 g/mol. The smallest absolute Gasteiger partial charge is 0.120 e. The average Bonchev–Trinajstić information content (AvgIpc) is 2.41. The van der Waals surface area contributed by atoms with Crippen molar-refractivity contribution >= 4 is 15.9 Å².